The number of hydrogen-bond donors (Lipinski definition) is 4. The Kier molecular flexibility index (Phi) is 11.6. The van der Waals surface area contributed by atoms with Crippen molar-refractivity contribution in [3.63, 3.8) is 0 Å². The lowest BCUT2D eigenvalue weighted by Crippen LogP contribution is -2.56. The fourth-order valence-corrected chi connectivity index (χ4v) is 3.67. The number of hydrogen-bond acceptors (Lipinski definition) is 7. The van der Waals surface area contributed by atoms with Crippen molar-refractivity contribution in [2.24, 2.45) is 5.73 Å². The third-order valence-electron chi connectivity index (χ3n) is 5.82. The van der Waals surface area contributed by atoms with Gasteiger partial charge in [-0.2, -0.15) is 0 Å². The van der Waals surface area contributed by atoms with Crippen LogP contribution < -0.4 is 11.1 Å². The van der Waals surface area contributed by atoms with Crippen molar-refractivity contribution in [2.75, 3.05) is 39.8 Å². The standard InChI is InChI=1S/C24H36N6O7/c1-3-4-10-29(15-21(32)33)22(34)18(27-24(35)37-16-17-8-6-5-7-9-17)13-19(31)28(2)20-14-30(23(25)26)11-12-36-20/h5-9,18,20H,3-4,10-16H2,1-2H3,(H3,25,26)(H,27,35)(H,32,33)/t18-,20?/m0/s1. The molecule has 2 atom stereocenters. The van der Waals surface area contributed by atoms with Gasteiger partial charge in [0.15, 0.2) is 5.96 Å². The fraction of sp³-hybridized carbons (Fsp3) is 0.542. The van der Waals surface area contributed by atoms with E-state index >= 15 is 0 Å². The number of ether oxygens (including phenoxy) is 2. The third-order valence-corrected chi connectivity index (χ3v) is 5.82. The molecule has 1 aliphatic rings. The van der Waals surface area contributed by atoms with E-state index in [1.54, 1.807) is 29.2 Å². The lowest BCUT2D eigenvalue weighted by molar-refractivity contribution is -0.152. The summed E-state index contributed by atoms with van der Waals surface area (Å²) in [5, 5.41) is 19.3. The monoisotopic (exact) mass is 520 g/mol. The van der Waals surface area contributed by atoms with Crippen LogP contribution in [0.15, 0.2) is 30.3 Å². The number of carboxylic acids is 1. The summed E-state index contributed by atoms with van der Waals surface area (Å²) < 4.78 is 10.8. The average molecular weight is 521 g/mol. The van der Waals surface area contributed by atoms with E-state index in [1.807, 2.05) is 13.0 Å². The Balaban J connectivity index is 2.14. The third kappa shape index (κ3) is 9.60. The molecule has 0 spiro atoms. The van der Waals surface area contributed by atoms with Gasteiger partial charge in [-0.3, -0.25) is 19.8 Å². The lowest BCUT2D eigenvalue weighted by Gasteiger charge is -2.38. The number of carboxylic acid groups (broad SMARTS) is 1. The normalized spacial score (nSPS) is 15.8. The Hall–Kier alpha value is -3.87. The Labute approximate surface area is 216 Å². The van der Waals surface area contributed by atoms with E-state index < -0.39 is 49.1 Å². The van der Waals surface area contributed by atoms with Gasteiger partial charge in [0.1, 0.15) is 25.4 Å². The molecule has 0 aliphatic carbocycles. The Morgan fingerprint density at radius 2 is 2.00 bits per heavy atom. The minimum atomic E-state index is -1.36. The molecule has 0 radical (unpaired) electrons. The second-order valence-electron chi connectivity index (χ2n) is 8.63. The summed E-state index contributed by atoms with van der Waals surface area (Å²) in [5.41, 5.74) is 6.29. The van der Waals surface area contributed by atoms with E-state index in [1.165, 1.54) is 11.9 Å². The molecule has 37 heavy (non-hydrogen) atoms. The SMILES string of the molecule is CCCCN(CC(=O)O)C(=O)[C@H](CC(=O)N(C)C1CN(C(=N)N)CCO1)NC(=O)OCc1ccccc1. The molecule has 1 saturated heterocycles. The highest BCUT2D eigenvalue weighted by Crippen LogP contribution is 2.12. The van der Waals surface area contributed by atoms with Crippen LogP contribution in [0.1, 0.15) is 31.7 Å². The molecule has 0 saturated carbocycles. The summed E-state index contributed by atoms with van der Waals surface area (Å²) in [5.74, 6) is -2.59. The smallest absolute Gasteiger partial charge is 0.408 e. The number of unbranched alkanes of at least 4 members (excludes halogenated alkanes) is 1. The van der Waals surface area contributed by atoms with E-state index in [9.17, 15) is 24.3 Å². The van der Waals surface area contributed by atoms with Crippen molar-refractivity contribution < 1.29 is 33.8 Å². The Bertz CT molecular complexity index is 945. The summed E-state index contributed by atoms with van der Waals surface area (Å²) in [4.78, 5) is 54.3. The van der Waals surface area contributed by atoms with Gasteiger partial charge in [-0.15, -0.1) is 0 Å². The molecule has 1 aromatic rings. The molecule has 1 aliphatic heterocycles. The van der Waals surface area contributed by atoms with Crippen molar-refractivity contribution in [2.45, 2.75) is 45.1 Å². The van der Waals surface area contributed by atoms with Crippen molar-refractivity contribution in [3.8, 4) is 0 Å². The lowest BCUT2D eigenvalue weighted by atomic mass is 10.1. The summed E-state index contributed by atoms with van der Waals surface area (Å²) in [7, 11) is 1.48. The molecule has 1 unspecified atom stereocenters. The Morgan fingerprint density at radius 3 is 2.62 bits per heavy atom. The van der Waals surface area contributed by atoms with Crippen molar-refractivity contribution in [3.05, 3.63) is 35.9 Å². The minimum Gasteiger partial charge on any atom is -0.480 e. The van der Waals surface area contributed by atoms with Crippen LogP contribution in [0.5, 0.6) is 0 Å². The molecule has 13 nitrogen and oxygen atoms in total. The van der Waals surface area contributed by atoms with E-state index in [0.29, 0.717) is 19.4 Å². The first-order valence-corrected chi connectivity index (χ1v) is 12.1. The summed E-state index contributed by atoms with van der Waals surface area (Å²) in [6.45, 7) is 2.26. The molecule has 204 valence electrons. The fourth-order valence-electron chi connectivity index (χ4n) is 3.67. The number of morpholine rings is 1. The maximum Gasteiger partial charge on any atom is 0.408 e. The number of carbonyl (C=O) groups is 4. The van der Waals surface area contributed by atoms with E-state index in [0.717, 1.165) is 10.5 Å². The second kappa shape index (κ2) is 14.6. The predicted molar refractivity (Wildman–Crippen MR) is 133 cm³/mol. The van der Waals surface area contributed by atoms with Crippen LogP contribution in [0.4, 0.5) is 4.79 Å². The predicted octanol–water partition coefficient (Wildman–Crippen LogP) is 0.395. The van der Waals surface area contributed by atoms with Crippen LogP contribution in [-0.2, 0) is 30.5 Å². The highest BCUT2D eigenvalue weighted by atomic mass is 16.5. The zero-order valence-electron chi connectivity index (χ0n) is 21.2. The number of nitrogens with zero attached hydrogens (tertiary/aromatic N) is 3. The molecule has 1 aromatic carbocycles. The molecule has 5 N–H and O–H groups in total. The average Bonchev–Trinajstić information content (AvgIpc) is 2.89. The zero-order chi connectivity index (χ0) is 27.4. The van der Waals surface area contributed by atoms with Gasteiger partial charge in [-0.1, -0.05) is 43.7 Å². The highest BCUT2D eigenvalue weighted by Gasteiger charge is 2.33. The van der Waals surface area contributed by atoms with E-state index in [2.05, 4.69) is 5.32 Å². The van der Waals surface area contributed by atoms with E-state index in [4.69, 9.17) is 20.6 Å². The first-order valence-electron chi connectivity index (χ1n) is 12.1. The van der Waals surface area contributed by atoms with Crippen LogP contribution in [0, 0.1) is 5.41 Å². The Morgan fingerprint density at radius 1 is 1.30 bits per heavy atom. The van der Waals surface area contributed by atoms with Crippen LogP contribution >= 0.6 is 0 Å². The number of rotatable bonds is 12. The van der Waals surface area contributed by atoms with Crippen molar-refractivity contribution in [1.29, 1.82) is 5.41 Å². The quantitative estimate of drug-likeness (QED) is 0.224. The topological polar surface area (TPSA) is 179 Å². The minimum absolute atomic E-state index is 0.0487. The second-order valence-corrected chi connectivity index (χ2v) is 8.63. The van der Waals surface area contributed by atoms with E-state index in [-0.39, 0.29) is 32.3 Å². The first-order chi connectivity index (χ1) is 17.6. The number of carbonyl (C=O) groups excluding carboxylic acids is 3. The summed E-state index contributed by atoms with van der Waals surface area (Å²) >= 11 is 0. The van der Waals surface area contributed by atoms with Gasteiger partial charge in [0, 0.05) is 20.1 Å². The highest BCUT2D eigenvalue weighted by molar-refractivity contribution is 5.92. The number of alkyl carbamates (subject to hydrolysis) is 1. The zero-order valence-corrected chi connectivity index (χ0v) is 21.2. The number of likely N-dealkylation sites (N-methyl/N-ethyl adjacent to an activating group) is 1. The van der Waals surface area contributed by atoms with Crippen molar-refractivity contribution >= 4 is 29.8 Å². The van der Waals surface area contributed by atoms with Crippen LogP contribution in [-0.4, -0.2) is 102 Å². The summed E-state index contributed by atoms with van der Waals surface area (Å²) in [6, 6.07) is 7.57. The number of amides is 3. The molecule has 13 heteroatoms. The van der Waals surface area contributed by atoms with Crippen LogP contribution in [0.3, 0.4) is 0 Å². The molecule has 1 fully saturated rings. The van der Waals surface area contributed by atoms with Gasteiger partial charge in [-0.05, 0) is 12.0 Å². The number of aliphatic carboxylic acids is 1. The van der Waals surface area contributed by atoms with Gasteiger partial charge in [0.25, 0.3) is 0 Å². The number of guanidine groups is 1. The molecular formula is C24H36N6O7. The van der Waals surface area contributed by atoms with Gasteiger partial charge < -0.3 is 40.3 Å². The van der Waals surface area contributed by atoms with Gasteiger partial charge in [-0.25, -0.2) is 4.79 Å². The molecule has 2 rings (SSSR count). The first kappa shape index (κ1) is 29.4. The number of benzene rings is 1. The molecular weight excluding hydrogens is 484 g/mol. The number of nitrogens with two attached hydrogens (primary N) is 1. The maximum atomic E-state index is 13.3. The van der Waals surface area contributed by atoms with Gasteiger partial charge in [0.05, 0.1) is 19.6 Å². The van der Waals surface area contributed by atoms with Gasteiger partial charge in [0.2, 0.25) is 11.8 Å². The van der Waals surface area contributed by atoms with Crippen LogP contribution in [0.2, 0.25) is 0 Å². The summed E-state index contributed by atoms with van der Waals surface area (Å²) in [6.07, 6.45) is -0.818. The molecule has 0 aromatic heterocycles. The molecule has 1 heterocycles. The van der Waals surface area contributed by atoms with Crippen molar-refractivity contribution in [1.82, 2.24) is 20.0 Å². The van der Waals surface area contributed by atoms with Crippen LogP contribution in [0.25, 0.3) is 0 Å². The largest absolute Gasteiger partial charge is 0.480 e. The van der Waals surface area contributed by atoms with Gasteiger partial charge >= 0.3 is 12.1 Å². The molecule has 0 bridgehead atoms. The maximum absolute atomic E-state index is 13.3. The number of nitrogens with one attached hydrogen (secondary N) is 2. The molecule has 3 amide bonds.